The summed E-state index contributed by atoms with van der Waals surface area (Å²) >= 11 is 0. The quantitative estimate of drug-likeness (QED) is 0.0485. The molecule has 6 aromatic rings. The molecule has 330 valence electrons. The molecular formula is C50H42F2N10O4. The average molecular weight is 885 g/mol. The monoisotopic (exact) mass is 884 g/mol. The summed E-state index contributed by atoms with van der Waals surface area (Å²) in [5.74, 6) is 0.209. The number of carbonyl (C=O) groups is 3. The normalized spacial score (nSPS) is 13.5. The number of aromatic nitrogens is 3. The summed E-state index contributed by atoms with van der Waals surface area (Å²) in [6.07, 6.45) is 16.8. The number of amidine groups is 2. The number of hydrogen-bond donors (Lipinski definition) is 4. The van der Waals surface area contributed by atoms with Crippen LogP contribution in [0.1, 0.15) is 45.7 Å². The molecule has 0 unspecified atom stereocenters. The van der Waals surface area contributed by atoms with Crippen LogP contribution in [0.3, 0.4) is 0 Å². The van der Waals surface area contributed by atoms with Crippen molar-refractivity contribution in [1.29, 1.82) is 5.41 Å². The second-order valence-electron chi connectivity index (χ2n) is 15.8. The van der Waals surface area contributed by atoms with Gasteiger partial charge in [0.2, 0.25) is 0 Å². The van der Waals surface area contributed by atoms with E-state index < -0.39 is 11.6 Å². The minimum atomic E-state index is -0.584. The first-order valence-electron chi connectivity index (χ1n) is 20.6. The molecule has 0 saturated carbocycles. The summed E-state index contributed by atoms with van der Waals surface area (Å²) in [6, 6.07) is 18.2. The van der Waals surface area contributed by atoms with E-state index >= 15 is 8.78 Å². The van der Waals surface area contributed by atoms with Crippen molar-refractivity contribution in [2.75, 3.05) is 7.05 Å². The largest absolute Gasteiger partial charge is 0.387 e. The van der Waals surface area contributed by atoms with E-state index in [0.29, 0.717) is 80.4 Å². The van der Waals surface area contributed by atoms with Gasteiger partial charge in [-0.1, -0.05) is 18.2 Å². The molecule has 66 heavy (non-hydrogen) atoms. The summed E-state index contributed by atoms with van der Waals surface area (Å²) in [6.45, 7) is 0.491. The second kappa shape index (κ2) is 19.0. The van der Waals surface area contributed by atoms with Gasteiger partial charge in [0, 0.05) is 85.0 Å². The predicted octanol–water partition coefficient (Wildman–Crippen LogP) is 7.58. The molecule has 0 fully saturated rings. The Kier molecular flexibility index (Phi) is 12.6. The molecule has 16 heteroatoms. The molecule has 0 radical (unpaired) electrons. The topological polar surface area (TPSA) is 193 Å². The van der Waals surface area contributed by atoms with Crippen molar-refractivity contribution in [3.63, 3.8) is 0 Å². The molecule has 2 aliphatic heterocycles. The van der Waals surface area contributed by atoms with Crippen LogP contribution in [-0.2, 0) is 29.7 Å². The molecule has 4 aromatic carbocycles. The van der Waals surface area contributed by atoms with Crippen LogP contribution in [0.4, 0.5) is 20.2 Å². The molecule has 0 saturated heterocycles. The van der Waals surface area contributed by atoms with E-state index in [4.69, 9.17) is 11.1 Å². The van der Waals surface area contributed by atoms with Crippen molar-refractivity contribution in [3.05, 3.63) is 165 Å². The molecule has 0 aliphatic carbocycles. The van der Waals surface area contributed by atoms with Gasteiger partial charge >= 0.3 is 0 Å². The first-order chi connectivity index (χ1) is 31.9. The lowest BCUT2D eigenvalue weighted by Gasteiger charge is -2.14. The number of aryl methyl sites for hydroxylation is 1. The number of allylic oxidation sites excluding steroid dienone is 1. The lowest BCUT2D eigenvalue weighted by molar-refractivity contribution is -0.105. The number of benzene rings is 4. The number of aliphatic imine (C=N–C) groups is 2. The van der Waals surface area contributed by atoms with Crippen molar-refractivity contribution in [2.24, 2.45) is 22.8 Å². The fraction of sp³-hybridized carbons (Fsp3) is 0.120. The van der Waals surface area contributed by atoms with E-state index in [0.717, 1.165) is 12.1 Å². The third-order valence-corrected chi connectivity index (χ3v) is 11.1. The van der Waals surface area contributed by atoms with Crippen molar-refractivity contribution in [2.45, 2.75) is 25.9 Å². The molecule has 2 aromatic heterocycles. The van der Waals surface area contributed by atoms with E-state index in [2.05, 4.69) is 25.8 Å². The van der Waals surface area contributed by atoms with Gasteiger partial charge in [-0.25, -0.2) is 23.7 Å². The Morgan fingerprint density at radius 1 is 0.833 bits per heavy atom. The van der Waals surface area contributed by atoms with Gasteiger partial charge in [-0.15, -0.1) is 0 Å². The maximum absolute atomic E-state index is 15.8. The van der Waals surface area contributed by atoms with Crippen molar-refractivity contribution >= 4 is 76.6 Å². The van der Waals surface area contributed by atoms with E-state index in [9.17, 15) is 19.2 Å². The summed E-state index contributed by atoms with van der Waals surface area (Å²) in [7, 11) is 3.81. The van der Waals surface area contributed by atoms with E-state index in [-0.39, 0.29) is 58.9 Å². The first-order valence-corrected chi connectivity index (χ1v) is 20.6. The first kappa shape index (κ1) is 44.0. The number of nitrogens with zero attached hydrogens (tertiary/aromatic N) is 6. The Hall–Kier alpha value is -8.66. The van der Waals surface area contributed by atoms with E-state index in [1.165, 1.54) is 41.1 Å². The fourth-order valence-corrected chi connectivity index (χ4v) is 7.62. The van der Waals surface area contributed by atoms with Gasteiger partial charge < -0.3 is 30.6 Å². The molecule has 4 heterocycles. The fourth-order valence-electron chi connectivity index (χ4n) is 7.62. The number of hydrazine groups is 1. The third kappa shape index (κ3) is 9.62. The Balaban J connectivity index is 0.950. The molecule has 0 spiro atoms. The summed E-state index contributed by atoms with van der Waals surface area (Å²) in [5, 5.41) is 9.57. The SMILES string of the molecule is CN(/C=C\c1cc(-c2cc(F)c3c(c2)N=C(NN/C=C\C(=N)Cn2ccc4cc(-c5cc(F)c6c(c5)N=C(N)CC(C=O)=C6)ccc4c2=O)CC(C=O)=C3)ccc1C=O)Cc1nccn1C. The Morgan fingerprint density at radius 3 is 2.20 bits per heavy atom. The predicted molar refractivity (Wildman–Crippen MR) is 253 cm³/mol. The minimum absolute atomic E-state index is 0.0533. The second-order valence-corrected chi connectivity index (χ2v) is 15.8. The maximum atomic E-state index is 15.8. The zero-order chi connectivity index (χ0) is 46.5. The van der Waals surface area contributed by atoms with Crippen molar-refractivity contribution in [1.82, 2.24) is 29.9 Å². The number of fused-ring (bicyclic) bond motifs is 3. The third-order valence-electron chi connectivity index (χ3n) is 11.1. The van der Waals surface area contributed by atoms with Gasteiger partial charge in [-0.05, 0) is 112 Å². The van der Waals surface area contributed by atoms with Crippen LogP contribution in [0.25, 0.3) is 51.3 Å². The average Bonchev–Trinajstić information content (AvgIpc) is 3.50. The highest BCUT2D eigenvalue weighted by molar-refractivity contribution is 6.00. The number of pyridine rings is 1. The lowest BCUT2D eigenvalue weighted by Crippen LogP contribution is -2.34. The van der Waals surface area contributed by atoms with Gasteiger partial charge in [0.1, 0.15) is 41.7 Å². The van der Waals surface area contributed by atoms with Gasteiger partial charge in [-0.2, -0.15) is 0 Å². The van der Waals surface area contributed by atoms with Gasteiger partial charge in [0.25, 0.3) is 5.56 Å². The number of imidazole rings is 1. The number of aldehydes is 3. The highest BCUT2D eigenvalue weighted by Crippen LogP contribution is 2.36. The number of hydrogen-bond acceptors (Lipinski definition) is 12. The maximum Gasteiger partial charge on any atom is 0.258 e. The van der Waals surface area contributed by atoms with Gasteiger partial charge in [0.15, 0.2) is 6.29 Å². The van der Waals surface area contributed by atoms with Crippen molar-refractivity contribution in [3.8, 4) is 22.3 Å². The van der Waals surface area contributed by atoms with Crippen molar-refractivity contribution < 1.29 is 23.2 Å². The molecule has 2 aliphatic rings. The van der Waals surface area contributed by atoms with Crippen LogP contribution < -0.4 is 22.1 Å². The number of rotatable bonds is 14. The van der Waals surface area contributed by atoms with Crippen LogP contribution in [0.15, 0.2) is 130 Å². The zero-order valence-electron chi connectivity index (χ0n) is 35.8. The Morgan fingerprint density at radius 2 is 1.52 bits per heavy atom. The molecule has 14 nitrogen and oxygen atoms in total. The zero-order valence-corrected chi connectivity index (χ0v) is 35.8. The van der Waals surface area contributed by atoms with Crippen LogP contribution in [0, 0.1) is 17.0 Å². The number of nitrogens with two attached hydrogens (primary N) is 1. The highest BCUT2D eigenvalue weighted by atomic mass is 19.1. The standard InChI is InChI=1S/C50H42F2N10O4/c1-60(26-49-55-11-14-61(49)2)12-8-34-19-32(3-4-36(34)29-65)38-22-44(52)42-16-31(28-64)18-48(58-46(42)24-38)59-56-10-7-39(53)25-62-13-9-35-20-33(5-6-40(35)50(62)66)37-21-43(51)41-15-30(27-63)17-47(54)57-45(41)23-37/h3-16,19-24,27-29,53,56H,17-18,25-26H2,1-2H3,(H2,54,57)(H,58,59)/b10-7-,12-8-,53-39?. The number of halogens is 2. The smallest absolute Gasteiger partial charge is 0.258 e. The summed E-state index contributed by atoms with van der Waals surface area (Å²) in [4.78, 5) is 64.2. The van der Waals surface area contributed by atoms with Crippen LogP contribution in [0.5, 0.6) is 0 Å². The molecule has 5 N–H and O–H groups in total. The van der Waals surface area contributed by atoms with E-state index in [1.807, 2.05) is 42.0 Å². The molecule has 0 bridgehead atoms. The molecule has 0 atom stereocenters. The van der Waals surface area contributed by atoms with E-state index in [1.54, 1.807) is 67.0 Å². The van der Waals surface area contributed by atoms with Gasteiger partial charge in [0.05, 0.1) is 30.2 Å². The molecular weight excluding hydrogens is 843 g/mol. The number of nitrogens with one attached hydrogen (secondary N) is 3. The van der Waals surface area contributed by atoms with Crippen LogP contribution >= 0.6 is 0 Å². The number of carbonyl (C=O) groups excluding carboxylic acids is 3. The van der Waals surface area contributed by atoms with Crippen LogP contribution in [0.2, 0.25) is 0 Å². The Bertz CT molecular complexity index is 3230. The summed E-state index contributed by atoms with van der Waals surface area (Å²) < 4.78 is 34.4. The molecule has 8 rings (SSSR count). The molecule has 0 amide bonds. The summed E-state index contributed by atoms with van der Waals surface area (Å²) in [5.41, 5.74) is 16.4. The highest BCUT2D eigenvalue weighted by Gasteiger charge is 2.19. The minimum Gasteiger partial charge on any atom is -0.387 e. The van der Waals surface area contributed by atoms with Crippen LogP contribution in [-0.4, -0.2) is 62.3 Å². The van der Waals surface area contributed by atoms with Gasteiger partial charge in [-0.3, -0.25) is 24.6 Å². The lowest BCUT2D eigenvalue weighted by atomic mass is 9.97. The Labute approximate surface area is 377 Å².